The van der Waals surface area contributed by atoms with Crippen molar-refractivity contribution in [2.24, 2.45) is 10.7 Å². The molecule has 0 spiro atoms. The Kier molecular flexibility index (Phi) is 3.03. The number of hydrogen-bond donors (Lipinski definition) is 1. The van der Waals surface area contributed by atoms with Crippen LogP contribution in [0.5, 0.6) is 0 Å². The van der Waals surface area contributed by atoms with Crippen LogP contribution in [0.3, 0.4) is 0 Å². The lowest BCUT2D eigenvalue weighted by Crippen LogP contribution is -2.01. The van der Waals surface area contributed by atoms with Gasteiger partial charge in [0.15, 0.2) is 9.84 Å². The third-order valence-corrected chi connectivity index (χ3v) is 4.10. The molecular formula is C8H4Br2N2O2S. The minimum absolute atomic E-state index is 0.260. The van der Waals surface area contributed by atoms with Crippen LogP contribution in [-0.4, -0.2) is 11.1 Å². The molecule has 0 fully saturated rings. The van der Waals surface area contributed by atoms with Crippen molar-refractivity contribution in [1.29, 1.82) is 0 Å². The molecule has 1 amide bonds. The van der Waals surface area contributed by atoms with E-state index in [2.05, 4.69) is 36.9 Å². The number of amides is 1. The average Bonchev–Trinajstić information content (AvgIpc) is 2.59. The summed E-state index contributed by atoms with van der Waals surface area (Å²) in [6.07, 6.45) is 1.60. The maximum atomic E-state index is 11.3. The average molecular weight is 352 g/mol. The minimum atomic E-state index is -0.332. The molecule has 7 heteroatoms. The Morgan fingerprint density at radius 3 is 2.73 bits per heavy atom. The van der Waals surface area contributed by atoms with Gasteiger partial charge in [0.25, 0.3) is 5.91 Å². The third kappa shape index (κ3) is 2.35. The predicted octanol–water partition coefficient (Wildman–Crippen LogP) is 2.73. The molecule has 0 unspecified atom stereocenters. The molecule has 15 heavy (non-hydrogen) atoms. The first-order valence-corrected chi connectivity index (χ1v) is 6.19. The van der Waals surface area contributed by atoms with Crippen LogP contribution in [0.2, 0.25) is 0 Å². The van der Waals surface area contributed by atoms with Gasteiger partial charge in [-0.05, 0) is 49.7 Å². The second-order valence-corrected chi connectivity index (χ2v) is 5.27. The summed E-state index contributed by atoms with van der Waals surface area (Å²) in [5.41, 5.74) is 5.41. The van der Waals surface area contributed by atoms with Gasteiger partial charge in [-0.15, -0.1) is 0 Å². The number of hydrogen-bond acceptors (Lipinski definition) is 4. The molecule has 0 saturated carbocycles. The van der Waals surface area contributed by atoms with Crippen molar-refractivity contribution in [2.75, 3.05) is 0 Å². The number of amidine groups is 1. The minimum Gasteiger partial charge on any atom is -0.449 e. The van der Waals surface area contributed by atoms with E-state index in [1.165, 1.54) is 0 Å². The Labute approximate surface area is 106 Å². The maximum Gasteiger partial charge on any atom is 0.286 e. The Bertz CT molecular complexity index is 473. The molecule has 0 radical (unpaired) electrons. The van der Waals surface area contributed by atoms with Crippen molar-refractivity contribution < 1.29 is 9.21 Å². The van der Waals surface area contributed by atoms with Gasteiger partial charge < -0.3 is 10.2 Å². The zero-order chi connectivity index (χ0) is 11.0. The molecule has 0 aromatic carbocycles. The molecule has 2 N–H and O–H groups in total. The summed E-state index contributed by atoms with van der Waals surface area (Å²) in [6.45, 7) is 0. The summed E-state index contributed by atoms with van der Waals surface area (Å²) in [4.78, 5) is 15.3. The molecule has 4 nitrogen and oxygen atoms in total. The lowest BCUT2D eigenvalue weighted by Gasteiger charge is -1.89. The Hall–Kier alpha value is -0.530. The van der Waals surface area contributed by atoms with E-state index in [-0.39, 0.29) is 11.1 Å². The molecule has 78 valence electrons. The molecular weight excluding hydrogens is 348 g/mol. The van der Waals surface area contributed by atoms with Crippen molar-refractivity contribution in [2.45, 2.75) is 0 Å². The van der Waals surface area contributed by atoms with Crippen LogP contribution in [-0.2, 0) is 4.79 Å². The second kappa shape index (κ2) is 4.15. The van der Waals surface area contributed by atoms with Crippen molar-refractivity contribution in [1.82, 2.24) is 0 Å². The quantitative estimate of drug-likeness (QED) is 0.790. The van der Waals surface area contributed by atoms with Crippen molar-refractivity contribution in [3.05, 3.63) is 25.9 Å². The van der Waals surface area contributed by atoms with E-state index in [4.69, 9.17) is 10.2 Å². The van der Waals surface area contributed by atoms with E-state index >= 15 is 0 Å². The number of halogens is 2. The summed E-state index contributed by atoms with van der Waals surface area (Å²) in [5, 5.41) is 0.260. The van der Waals surface area contributed by atoms with E-state index in [0.29, 0.717) is 15.3 Å². The summed E-state index contributed by atoms with van der Waals surface area (Å²) < 4.78 is 6.67. The van der Waals surface area contributed by atoms with Gasteiger partial charge >= 0.3 is 0 Å². The molecule has 2 rings (SSSR count). The molecule has 0 aliphatic carbocycles. The highest BCUT2D eigenvalue weighted by atomic mass is 79.9. The summed E-state index contributed by atoms with van der Waals surface area (Å²) in [7, 11) is 0. The number of carbonyl (C=O) groups excluding carboxylic acids is 1. The van der Waals surface area contributed by atoms with Gasteiger partial charge in [0, 0.05) is 6.08 Å². The van der Waals surface area contributed by atoms with Gasteiger partial charge in [-0.2, -0.15) is 4.99 Å². The van der Waals surface area contributed by atoms with Crippen molar-refractivity contribution in [3.63, 3.8) is 0 Å². The Balaban J connectivity index is 2.29. The normalized spacial score (nSPS) is 18.7. The van der Waals surface area contributed by atoms with Crippen LogP contribution in [0.25, 0.3) is 6.08 Å². The van der Waals surface area contributed by atoms with Crippen molar-refractivity contribution in [3.8, 4) is 0 Å². The monoisotopic (exact) mass is 350 g/mol. The molecule has 0 atom stereocenters. The highest BCUT2D eigenvalue weighted by Crippen LogP contribution is 2.31. The van der Waals surface area contributed by atoms with Gasteiger partial charge in [-0.25, -0.2) is 0 Å². The topological polar surface area (TPSA) is 68.6 Å². The van der Waals surface area contributed by atoms with Crippen LogP contribution in [0, 0.1) is 0 Å². The van der Waals surface area contributed by atoms with E-state index in [0.717, 1.165) is 16.2 Å². The predicted molar refractivity (Wildman–Crippen MR) is 66.3 cm³/mol. The summed E-state index contributed by atoms with van der Waals surface area (Å²) in [6, 6.07) is 1.75. The molecule has 2 heterocycles. The zero-order valence-electron chi connectivity index (χ0n) is 7.16. The molecule has 1 aromatic rings. The van der Waals surface area contributed by atoms with E-state index in [1.54, 1.807) is 12.1 Å². The Morgan fingerprint density at radius 2 is 2.27 bits per heavy atom. The fraction of sp³-hybridized carbons (Fsp3) is 0. The molecule has 1 aliphatic heterocycles. The highest BCUT2D eigenvalue weighted by molar-refractivity contribution is 9.13. The fourth-order valence-corrected chi connectivity index (χ4v) is 2.26. The van der Waals surface area contributed by atoms with Crippen LogP contribution in [0.1, 0.15) is 5.76 Å². The lowest BCUT2D eigenvalue weighted by atomic mass is 10.4. The van der Waals surface area contributed by atoms with Gasteiger partial charge in [0.2, 0.25) is 0 Å². The number of thioether (sulfide) groups is 1. The standard InChI is InChI=1S/C8H4Br2N2O2S/c9-4-1-3(14-6(4)10)2-5-7(13)12-8(11)15-5/h1-2H,(H2,11,12,13)/b5-2+. The Morgan fingerprint density at radius 1 is 1.53 bits per heavy atom. The number of rotatable bonds is 1. The molecule has 0 bridgehead atoms. The largest absolute Gasteiger partial charge is 0.449 e. The number of nitrogens with zero attached hydrogens (tertiary/aromatic N) is 1. The first-order chi connectivity index (χ1) is 7.06. The van der Waals surface area contributed by atoms with Crippen LogP contribution in [0.15, 0.2) is 29.5 Å². The maximum absolute atomic E-state index is 11.3. The van der Waals surface area contributed by atoms with E-state index in [1.807, 2.05) is 0 Å². The highest BCUT2D eigenvalue weighted by Gasteiger charge is 2.20. The molecule has 1 aromatic heterocycles. The summed E-state index contributed by atoms with van der Waals surface area (Å²) >= 11 is 7.61. The van der Waals surface area contributed by atoms with Gasteiger partial charge in [0.05, 0.1) is 9.38 Å². The first-order valence-electron chi connectivity index (χ1n) is 3.79. The smallest absolute Gasteiger partial charge is 0.286 e. The van der Waals surface area contributed by atoms with Crippen molar-refractivity contribution >= 4 is 60.8 Å². The molecule has 0 saturated heterocycles. The van der Waals surface area contributed by atoms with E-state index in [9.17, 15) is 4.79 Å². The molecule has 1 aliphatic rings. The fourth-order valence-electron chi connectivity index (χ4n) is 0.989. The third-order valence-electron chi connectivity index (χ3n) is 1.57. The summed E-state index contributed by atoms with van der Waals surface area (Å²) in [5.74, 6) is 0.232. The van der Waals surface area contributed by atoms with Gasteiger partial charge in [-0.3, -0.25) is 4.79 Å². The number of nitrogens with two attached hydrogens (primary N) is 1. The van der Waals surface area contributed by atoms with Gasteiger partial charge in [-0.1, -0.05) is 0 Å². The van der Waals surface area contributed by atoms with E-state index < -0.39 is 0 Å². The lowest BCUT2D eigenvalue weighted by molar-refractivity contribution is -0.113. The van der Waals surface area contributed by atoms with Crippen LogP contribution in [0.4, 0.5) is 0 Å². The number of aliphatic imine (C=N–C) groups is 1. The number of carbonyl (C=O) groups is 1. The first kappa shape index (κ1) is 11.0. The van der Waals surface area contributed by atoms with Crippen LogP contribution < -0.4 is 5.73 Å². The van der Waals surface area contributed by atoms with Crippen LogP contribution >= 0.6 is 43.6 Å². The number of furan rings is 1. The zero-order valence-corrected chi connectivity index (χ0v) is 11.1. The SMILES string of the molecule is NC1=NC(=O)/C(=C\c2cc(Br)c(Br)o2)S1. The van der Waals surface area contributed by atoms with Gasteiger partial charge in [0.1, 0.15) is 5.76 Å². The second-order valence-electron chi connectivity index (χ2n) is 2.64.